The number of hydrogen-bond acceptors (Lipinski definition) is 1. The van der Waals surface area contributed by atoms with Gasteiger partial charge in [-0.05, 0) is 25.9 Å². The fourth-order valence-electron chi connectivity index (χ4n) is 0.548. The molecule has 1 atom stereocenters. The van der Waals surface area contributed by atoms with E-state index in [9.17, 15) is 0 Å². The zero-order valence-electron chi connectivity index (χ0n) is 9.52. The van der Waals surface area contributed by atoms with E-state index in [4.69, 9.17) is 0 Å². The monoisotopic (exact) mass is 171 g/mol. The lowest BCUT2D eigenvalue weighted by atomic mass is 10.1. The highest BCUT2D eigenvalue weighted by Crippen LogP contribution is 2.04. The van der Waals surface area contributed by atoms with Crippen molar-refractivity contribution in [3.8, 4) is 0 Å². The molecule has 0 aliphatic heterocycles. The van der Waals surface area contributed by atoms with Crippen molar-refractivity contribution in [3.63, 3.8) is 0 Å². The lowest BCUT2D eigenvalue weighted by Crippen LogP contribution is -1.89. The van der Waals surface area contributed by atoms with Gasteiger partial charge in [-0.3, -0.25) is 0 Å². The second-order valence-electron chi connectivity index (χ2n) is 3.51. The minimum Gasteiger partial charge on any atom is -0.323 e. The predicted octanol–water partition coefficient (Wildman–Crippen LogP) is 3.08. The van der Waals surface area contributed by atoms with Crippen molar-refractivity contribution in [2.75, 3.05) is 14.1 Å². The average molecular weight is 171 g/mol. The Bertz CT molecular complexity index is 95.2. The van der Waals surface area contributed by atoms with Crippen molar-refractivity contribution >= 4 is 0 Å². The largest absolute Gasteiger partial charge is 0.323 e. The lowest BCUT2D eigenvalue weighted by Gasteiger charge is -2.00. The van der Waals surface area contributed by atoms with Crippen molar-refractivity contribution in [1.29, 1.82) is 0 Å². The molecule has 0 aliphatic rings. The van der Waals surface area contributed by atoms with E-state index in [2.05, 4.69) is 45.2 Å². The molecule has 0 rings (SSSR count). The Morgan fingerprint density at radius 3 is 1.75 bits per heavy atom. The van der Waals surface area contributed by atoms with Gasteiger partial charge in [0.25, 0.3) is 0 Å². The fraction of sp³-hybridized carbons (Fsp3) is 0.818. The Labute approximate surface area is 78.3 Å². The van der Waals surface area contributed by atoms with Gasteiger partial charge in [-0.2, -0.15) is 0 Å². The summed E-state index contributed by atoms with van der Waals surface area (Å²) in [7, 11) is 3.75. The molecule has 0 unspecified atom stereocenters. The van der Waals surface area contributed by atoms with E-state index < -0.39 is 0 Å². The first-order valence-electron chi connectivity index (χ1n) is 4.85. The molecular weight excluding hydrogens is 146 g/mol. The quantitative estimate of drug-likeness (QED) is 0.643. The SMILES string of the molecule is CC[C@H](C)/C=C\C(C)C.CNC. The van der Waals surface area contributed by atoms with E-state index in [0.717, 1.165) is 5.92 Å². The van der Waals surface area contributed by atoms with Crippen LogP contribution < -0.4 is 5.32 Å². The van der Waals surface area contributed by atoms with E-state index in [-0.39, 0.29) is 0 Å². The minimum atomic E-state index is 0.707. The summed E-state index contributed by atoms with van der Waals surface area (Å²) in [5.74, 6) is 1.46. The molecule has 0 bridgehead atoms. The van der Waals surface area contributed by atoms with Crippen LogP contribution in [0.1, 0.15) is 34.1 Å². The molecule has 0 saturated heterocycles. The van der Waals surface area contributed by atoms with Gasteiger partial charge < -0.3 is 5.32 Å². The van der Waals surface area contributed by atoms with Crippen LogP contribution in [0, 0.1) is 11.8 Å². The van der Waals surface area contributed by atoms with Crippen LogP contribution in [-0.2, 0) is 0 Å². The van der Waals surface area contributed by atoms with Crippen molar-refractivity contribution in [2.45, 2.75) is 34.1 Å². The molecule has 1 nitrogen and oxygen atoms in total. The molecule has 0 heterocycles. The average Bonchev–Trinajstić information content (AvgIpc) is 2.01. The molecule has 0 saturated carbocycles. The number of hydrogen-bond donors (Lipinski definition) is 1. The summed E-state index contributed by atoms with van der Waals surface area (Å²) in [6, 6.07) is 0. The molecule has 0 aliphatic carbocycles. The second kappa shape index (κ2) is 10.7. The summed E-state index contributed by atoms with van der Waals surface area (Å²) < 4.78 is 0. The van der Waals surface area contributed by atoms with E-state index in [1.165, 1.54) is 6.42 Å². The van der Waals surface area contributed by atoms with Crippen LogP contribution >= 0.6 is 0 Å². The van der Waals surface area contributed by atoms with Gasteiger partial charge in [0.2, 0.25) is 0 Å². The Kier molecular flexibility index (Phi) is 12.7. The molecule has 0 amide bonds. The van der Waals surface area contributed by atoms with Crippen molar-refractivity contribution in [3.05, 3.63) is 12.2 Å². The van der Waals surface area contributed by atoms with Crippen LogP contribution in [0.15, 0.2) is 12.2 Å². The molecule has 0 radical (unpaired) electrons. The molecule has 0 fully saturated rings. The predicted molar refractivity (Wildman–Crippen MR) is 58.4 cm³/mol. The van der Waals surface area contributed by atoms with Crippen LogP contribution in [0.4, 0.5) is 0 Å². The van der Waals surface area contributed by atoms with Crippen molar-refractivity contribution < 1.29 is 0 Å². The maximum absolute atomic E-state index is 2.75. The third-order valence-corrected chi connectivity index (χ3v) is 1.47. The zero-order chi connectivity index (χ0) is 9.98. The number of rotatable bonds is 3. The van der Waals surface area contributed by atoms with Gasteiger partial charge in [-0.15, -0.1) is 0 Å². The van der Waals surface area contributed by atoms with Crippen LogP contribution in [-0.4, -0.2) is 14.1 Å². The van der Waals surface area contributed by atoms with Crippen LogP contribution in [0.2, 0.25) is 0 Å². The molecule has 0 aromatic rings. The van der Waals surface area contributed by atoms with Crippen molar-refractivity contribution in [1.82, 2.24) is 5.32 Å². The van der Waals surface area contributed by atoms with Gasteiger partial charge in [0, 0.05) is 0 Å². The first-order chi connectivity index (χ1) is 5.58. The van der Waals surface area contributed by atoms with E-state index in [0.29, 0.717) is 5.92 Å². The summed E-state index contributed by atoms with van der Waals surface area (Å²) >= 11 is 0. The third kappa shape index (κ3) is 16.4. The highest BCUT2D eigenvalue weighted by atomic mass is 14.7. The molecule has 1 heteroatoms. The van der Waals surface area contributed by atoms with Gasteiger partial charge in [0.1, 0.15) is 0 Å². The molecule has 74 valence electrons. The molecule has 12 heavy (non-hydrogen) atoms. The van der Waals surface area contributed by atoms with Gasteiger partial charge >= 0.3 is 0 Å². The van der Waals surface area contributed by atoms with Crippen LogP contribution in [0.3, 0.4) is 0 Å². The first-order valence-corrected chi connectivity index (χ1v) is 4.85. The van der Waals surface area contributed by atoms with E-state index >= 15 is 0 Å². The molecule has 0 spiro atoms. The Morgan fingerprint density at radius 2 is 1.50 bits per heavy atom. The zero-order valence-corrected chi connectivity index (χ0v) is 9.52. The molecule has 0 aromatic heterocycles. The van der Waals surface area contributed by atoms with Gasteiger partial charge in [-0.1, -0.05) is 46.3 Å². The smallest absolute Gasteiger partial charge is 0.0167 e. The molecule has 1 N–H and O–H groups in total. The second-order valence-corrected chi connectivity index (χ2v) is 3.51. The van der Waals surface area contributed by atoms with Gasteiger partial charge in [0.15, 0.2) is 0 Å². The van der Waals surface area contributed by atoms with Gasteiger partial charge in [0.05, 0.1) is 0 Å². The topological polar surface area (TPSA) is 12.0 Å². The molecular formula is C11H25N. The summed E-state index contributed by atoms with van der Waals surface area (Å²) in [6.45, 7) is 8.88. The maximum atomic E-state index is 2.75. The fourth-order valence-corrected chi connectivity index (χ4v) is 0.548. The van der Waals surface area contributed by atoms with Crippen LogP contribution in [0.5, 0.6) is 0 Å². The normalized spacial score (nSPS) is 12.9. The van der Waals surface area contributed by atoms with E-state index in [1.807, 2.05) is 14.1 Å². The number of nitrogens with one attached hydrogen (secondary N) is 1. The van der Waals surface area contributed by atoms with E-state index in [1.54, 1.807) is 0 Å². The van der Waals surface area contributed by atoms with Gasteiger partial charge in [-0.25, -0.2) is 0 Å². The summed E-state index contributed by atoms with van der Waals surface area (Å²) in [5.41, 5.74) is 0. The summed E-state index contributed by atoms with van der Waals surface area (Å²) in [6.07, 6.45) is 5.82. The Morgan fingerprint density at radius 1 is 1.08 bits per heavy atom. The number of allylic oxidation sites excluding steroid dienone is 2. The highest BCUT2D eigenvalue weighted by Gasteiger charge is 1.90. The molecule has 0 aromatic carbocycles. The van der Waals surface area contributed by atoms with Crippen LogP contribution in [0.25, 0.3) is 0 Å². The Balaban J connectivity index is 0. The maximum Gasteiger partial charge on any atom is -0.0167 e. The third-order valence-electron chi connectivity index (χ3n) is 1.47. The standard InChI is InChI=1S/C9H18.C2H7N/c1-5-9(4)7-6-8(2)3;1-3-2/h6-9H,5H2,1-4H3;3H,1-2H3/b7-6-;/t9-;/m0./s1. The summed E-state index contributed by atoms with van der Waals surface area (Å²) in [5, 5.41) is 2.75. The first kappa shape index (κ1) is 14.2. The Hall–Kier alpha value is -0.300. The summed E-state index contributed by atoms with van der Waals surface area (Å²) in [4.78, 5) is 0. The van der Waals surface area contributed by atoms with Crippen molar-refractivity contribution in [2.24, 2.45) is 11.8 Å². The highest BCUT2D eigenvalue weighted by molar-refractivity contribution is 4.87. The minimum absolute atomic E-state index is 0.707. The lowest BCUT2D eigenvalue weighted by molar-refractivity contribution is 0.686.